The Hall–Kier alpha value is -2.42. The van der Waals surface area contributed by atoms with Crippen molar-refractivity contribution in [2.45, 2.75) is 13.5 Å². The maximum atomic E-state index is 13.8. The molecule has 0 unspecified atom stereocenters. The summed E-state index contributed by atoms with van der Waals surface area (Å²) in [6, 6.07) is 13.2. The van der Waals surface area contributed by atoms with Gasteiger partial charge in [-0.3, -0.25) is 4.98 Å². The van der Waals surface area contributed by atoms with Crippen LogP contribution in [0, 0.1) is 12.7 Å². The number of anilines is 1. The number of pyridine rings is 1. The third kappa shape index (κ3) is 2.35. The van der Waals surface area contributed by atoms with Crippen LogP contribution in [-0.4, -0.2) is 4.98 Å². The zero-order valence-electron chi connectivity index (χ0n) is 11.2. The average molecular weight is 266 g/mol. The van der Waals surface area contributed by atoms with E-state index in [0.29, 0.717) is 12.2 Å². The Bertz CT molecular complexity index is 727. The number of hydrogen-bond donors (Lipinski definition) is 1. The molecule has 0 saturated heterocycles. The normalized spacial score (nSPS) is 10.7. The van der Waals surface area contributed by atoms with Crippen LogP contribution in [0.25, 0.3) is 10.8 Å². The number of benzene rings is 2. The molecule has 0 aliphatic carbocycles. The van der Waals surface area contributed by atoms with Gasteiger partial charge in [-0.1, -0.05) is 30.3 Å². The van der Waals surface area contributed by atoms with Gasteiger partial charge in [-0.2, -0.15) is 0 Å². The topological polar surface area (TPSA) is 24.9 Å². The second-order valence-corrected chi connectivity index (χ2v) is 4.80. The lowest BCUT2D eigenvalue weighted by atomic mass is 10.1. The van der Waals surface area contributed by atoms with E-state index in [4.69, 9.17) is 0 Å². The molecule has 100 valence electrons. The van der Waals surface area contributed by atoms with Gasteiger partial charge in [0.15, 0.2) is 0 Å². The van der Waals surface area contributed by atoms with Crippen LogP contribution in [-0.2, 0) is 6.54 Å². The van der Waals surface area contributed by atoms with Crippen molar-refractivity contribution >= 4 is 16.5 Å². The predicted molar refractivity (Wildman–Crippen MR) is 80.2 cm³/mol. The van der Waals surface area contributed by atoms with Crippen LogP contribution in [0.2, 0.25) is 0 Å². The molecule has 0 spiro atoms. The summed E-state index contributed by atoms with van der Waals surface area (Å²) >= 11 is 0. The Kier molecular flexibility index (Phi) is 3.33. The highest BCUT2D eigenvalue weighted by Crippen LogP contribution is 2.22. The van der Waals surface area contributed by atoms with Crippen molar-refractivity contribution in [1.29, 1.82) is 0 Å². The zero-order valence-corrected chi connectivity index (χ0v) is 11.2. The molecule has 0 aliphatic rings. The molecule has 20 heavy (non-hydrogen) atoms. The van der Waals surface area contributed by atoms with Crippen LogP contribution < -0.4 is 5.32 Å². The fraction of sp³-hybridized carbons (Fsp3) is 0.118. The molecular formula is C17H15FN2. The summed E-state index contributed by atoms with van der Waals surface area (Å²) < 4.78 is 13.8. The minimum atomic E-state index is -0.216. The molecule has 1 heterocycles. The van der Waals surface area contributed by atoms with E-state index in [9.17, 15) is 4.39 Å². The van der Waals surface area contributed by atoms with Crippen molar-refractivity contribution < 1.29 is 4.39 Å². The van der Waals surface area contributed by atoms with Gasteiger partial charge in [0.05, 0.1) is 5.69 Å². The Labute approximate surface area is 117 Å². The Morgan fingerprint density at radius 3 is 2.80 bits per heavy atom. The fourth-order valence-electron chi connectivity index (χ4n) is 2.38. The van der Waals surface area contributed by atoms with Crippen LogP contribution >= 0.6 is 0 Å². The van der Waals surface area contributed by atoms with Crippen molar-refractivity contribution in [3.63, 3.8) is 0 Å². The summed E-state index contributed by atoms with van der Waals surface area (Å²) in [7, 11) is 0. The van der Waals surface area contributed by atoms with Gasteiger partial charge in [0.25, 0.3) is 0 Å². The summed E-state index contributed by atoms with van der Waals surface area (Å²) in [5.41, 5.74) is 2.61. The lowest BCUT2D eigenvalue weighted by Gasteiger charge is -2.12. The molecule has 1 N–H and O–H groups in total. The van der Waals surface area contributed by atoms with E-state index in [1.54, 1.807) is 12.3 Å². The second-order valence-electron chi connectivity index (χ2n) is 4.80. The van der Waals surface area contributed by atoms with Crippen molar-refractivity contribution in [2.75, 3.05) is 5.32 Å². The van der Waals surface area contributed by atoms with Gasteiger partial charge in [0.2, 0.25) is 0 Å². The van der Waals surface area contributed by atoms with Crippen molar-refractivity contribution in [2.24, 2.45) is 0 Å². The molecular weight excluding hydrogens is 251 g/mol. The fourth-order valence-corrected chi connectivity index (χ4v) is 2.38. The van der Waals surface area contributed by atoms with Gasteiger partial charge in [0, 0.05) is 24.3 Å². The van der Waals surface area contributed by atoms with E-state index in [1.807, 2.05) is 43.5 Å². The summed E-state index contributed by atoms with van der Waals surface area (Å²) in [4.78, 5) is 4.12. The van der Waals surface area contributed by atoms with Crippen LogP contribution in [0.1, 0.15) is 11.1 Å². The third-order valence-electron chi connectivity index (χ3n) is 3.45. The van der Waals surface area contributed by atoms with E-state index >= 15 is 0 Å². The molecule has 0 bridgehead atoms. The second kappa shape index (κ2) is 5.29. The van der Waals surface area contributed by atoms with Gasteiger partial charge in [-0.05, 0) is 35.6 Å². The average Bonchev–Trinajstić information content (AvgIpc) is 2.47. The molecule has 1 aromatic heterocycles. The quantitative estimate of drug-likeness (QED) is 0.764. The molecule has 3 aromatic rings. The lowest BCUT2D eigenvalue weighted by Crippen LogP contribution is -2.03. The first-order valence-corrected chi connectivity index (χ1v) is 6.56. The molecule has 2 nitrogen and oxygen atoms in total. The molecule has 3 heteroatoms. The number of fused-ring (bicyclic) bond motifs is 1. The van der Waals surface area contributed by atoms with Crippen LogP contribution in [0.4, 0.5) is 10.1 Å². The minimum absolute atomic E-state index is 0.216. The van der Waals surface area contributed by atoms with Gasteiger partial charge < -0.3 is 5.32 Å². The zero-order chi connectivity index (χ0) is 13.9. The van der Waals surface area contributed by atoms with Crippen LogP contribution in [0.5, 0.6) is 0 Å². The molecule has 0 fully saturated rings. The highest BCUT2D eigenvalue weighted by Gasteiger charge is 2.06. The molecule has 0 atom stereocenters. The van der Waals surface area contributed by atoms with Gasteiger partial charge >= 0.3 is 0 Å². The lowest BCUT2D eigenvalue weighted by molar-refractivity contribution is 0.629. The molecule has 0 aliphatic heterocycles. The largest absolute Gasteiger partial charge is 0.378 e. The first kappa shape index (κ1) is 12.6. The van der Waals surface area contributed by atoms with Gasteiger partial charge in [0.1, 0.15) is 5.82 Å². The highest BCUT2D eigenvalue weighted by atomic mass is 19.1. The van der Waals surface area contributed by atoms with Crippen molar-refractivity contribution in [3.05, 3.63) is 71.8 Å². The van der Waals surface area contributed by atoms with E-state index in [-0.39, 0.29) is 5.82 Å². The molecule has 0 radical (unpaired) electrons. The number of para-hydroxylation sites is 1. The first-order chi connectivity index (χ1) is 9.75. The maximum Gasteiger partial charge on any atom is 0.146 e. The van der Waals surface area contributed by atoms with Crippen molar-refractivity contribution in [3.8, 4) is 0 Å². The maximum absolute atomic E-state index is 13.8. The molecule has 0 saturated carbocycles. The predicted octanol–water partition coefficient (Wildman–Crippen LogP) is 4.29. The van der Waals surface area contributed by atoms with Gasteiger partial charge in [-0.15, -0.1) is 0 Å². The Balaban J connectivity index is 1.91. The molecule has 3 rings (SSSR count). The third-order valence-corrected chi connectivity index (χ3v) is 3.45. The van der Waals surface area contributed by atoms with E-state index in [0.717, 1.165) is 21.9 Å². The summed E-state index contributed by atoms with van der Waals surface area (Å²) in [6.45, 7) is 2.49. The van der Waals surface area contributed by atoms with E-state index in [2.05, 4.69) is 10.3 Å². The molecule has 2 aromatic carbocycles. The number of nitrogens with zero attached hydrogens (tertiary/aromatic N) is 1. The van der Waals surface area contributed by atoms with Crippen LogP contribution in [0.3, 0.4) is 0 Å². The first-order valence-electron chi connectivity index (χ1n) is 6.56. The number of halogens is 1. The number of rotatable bonds is 3. The van der Waals surface area contributed by atoms with Crippen molar-refractivity contribution in [1.82, 2.24) is 4.98 Å². The Morgan fingerprint density at radius 1 is 1.10 bits per heavy atom. The number of aryl methyl sites for hydroxylation is 1. The van der Waals surface area contributed by atoms with E-state index in [1.165, 1.54) is 6.07 Å². The van der Waals surface area contributed by atoms with Gasteiger partial charge in [-0.25, -0.2) is 4.39 Å². The van der Waals surface area contributed by atoms with E-state index < -0.39 is 0 Å². The van der Waals surface area contributed by atoms with Crippen LogP contribution in [0.15, 0.2) is 54.9 Å². The summed E-state index contributed by atoms with van der Waals surface area (Å²) in [5.74, 6) is -0.216. The highest BCUT2D eigenvalue weighted by molar-refractivity contribution is 5.85. The summed E-state index contributed by atoms with van der Waals surface area (Å²) in [6.07, 6.45) is 3.62. The smallest absolute Gasteiger partial charge is 0.146 e. The minimum Gasteiger partial charge on any atom is -0.378 e. The molecule has 0 amide bonds. The number of nitrogens with one attached hydrogen (secondary N) is 1. The summed E-state index contributed by atoms with van der Waals surface area (Å²) in [5, 5.41) is 5.43. The Morgan fingerprint density at radius 2 is 1.95 bits per heavy atom. The number of hydrogen-bond acceptors (Lipinski definition) is 2. The monoisotopic (exact) mass is 266 g/mol. The standard InChI is InChI=1S/C17H15FN2/c1-12-4-2-7-16(18)17(12)20-11-14-6-3-5-13-10-19-9-8-15(13)14/h2-10,20H,11H2,1H3. The number of aromatic nitrogens is 1. The SMILES string of the molecule is Cc1cccc(F)c1NCc1cccc2cnccc12.